The standard InChI is InChI=1S/C14H23NO/c1-5-12-7-6-8-13(11-12)15-10-9-14(2,3)16-4/h6-8,11,15H,5,9-10H2,1-4H3. The second-order valence-electron chi connectivity index (χ2n) is 4.69. The fourth-order valence-corrected chi connectivity index (χ4v) is 1.51. The van der Waals surface area contributed by atoms with Crippen LogP contribution < -0.4 is 5.32 Å². The summed E-state index contributed by atoms with van der Waals surface area (Å²) in [5, 5.41) is 3.43. The van der Waals surface area contributed by atoms with Gasteiger partial charge in [0, 0.05) is 19.3 Å². The Morgan fingerprint density at radius 3 is 2.69 bits per heavy atom. The molecule has 0 saturated heterocycles. The summed E-state index contributed by atoms with van der Waals surface area (Å²) < 4.78 is 5.38. The van der Waals surface area contributed by atoms with Crippen molar-refractivity contribution in [3.63, 3.8) is 0 Å². The highest BCUT2D eigenvalue weighted by Gasteiger charge is 2.14. The number of rotatable bonds is 6. The molecule has 0 amide bonds. The molecule has 0 unspecified atom stereocenters. The third-order valence-electron chi connectivity index (χ3n) is 2.94. The molecule has 90 valence electrons. The van der Waals surface area contributed by atoms with Gasteiger partial charge in [-0.25, -0.2) is 0 Å². The summed E-state index contributed by atoms with van der Waals surface area (Å²) in [5.41, 5.74) is 2.53. The Morgan fingerprint density at radius 2 is 2.06 bits per heavy atom. The lowest BCUT2D eigenvalue weighted by atomic mass is 10.1. The second-order valence-corrected chi connectivity index (χ2v) is 4.69. The van der Waals surface area contributed by atoms with E-state index in [2.05, 4.69) is 50.4 Å². The quantitative estimate of drug-likeness (QED) is 0.794. The minimum absolute atomic E-state index is 0.0463. The summed E-state index contributed by atoms with van der Waals surface area (Å²) >= 11 is 0. The Kier molecular flexibility index (Phi) is 4.81. The molecule has 0 bridgehead atoms. The number of aryl methyl sites for hydroxylation is 1. The molecule has 0 aliphatic carbocycles. The van der Waals surface area contributed by atoms with E-state index in [1.54, 1.807) is 7.11 Å². The van der Waals surface area contributed by atoms with Crippen LogP contribution in [0.5, 0.6) is 0 Å². The van der Waals surface area contributed by atoms with Crippen molar-refractivity contribution in [1.82, 2.24) is 0 Å². The van der Waals surface area contributed by atoms with Crippen LogP contribution in [-0.2, 0) is 11.2 Å². The minimum atomic E-state index is -0.0463. The SMILES string of the molecule is CCc1cccc(NCCC(C)(C)OC)c1. The molecule has 0 heterocycles. The van der Waals surface area contributed by atoms with Gasteiger partial charge in [-0.3, -0.25) is 0 Å². The molecule has 0 spiro atoms. The average Bonchev–Trinajstić information content (AvgIpc) is 2.29. The Bertz CT molecular complexity index is 320. The van der Waals surface area contributed by atoms with Crippen molar-refractivity contribution in [2.45, 2.75) is 39.2 Å². The van der Waals surface area contributed by atoms with Gasteiger partial charge in [-0.15, -0.1) is 0 Å². The minimum Gasteiger partial charge on any atom is -0.385 e. The van der Waals surface area contributed by atoms with Crippen molar-refractivity contribution in [2.24, 2.45) is 0 Å². The van der Waals surface area contributed by atoms with Crippen LogP contribution in [0.25, 0.3) is 0 Å². The van der Waals surface area contributed by atoms with Gasteiger partial charge in [-0.1, -0.05) is 19.1 Å². The molecule has 0 aliphatic heterocycles. The molecule has 1 aromatic rings. The van der Waals surface area contributed by atoms with Crippen molar-refractivity contribution >= 4 is 5.69 Å². The molecule has 2 heteroatoms. The monoisotopic (exact) mass is 221 g/mol. The van der Waals surface area contributed by atoms with Gasteiger partial charge in [0.15, 0.2) is 0 Å². The average molecular weight is 221 g/mol. The maximum absolute atomic E-state index is 5.38. The summed E-state index contributed by atoms with van der Waals surface area (Å²) in [4.78, 5) is 0. The van der Waals surface area contributed by atoms with E-state index in [1.807, 2.05) is 0 Å². The third kappa shape index (κ3) is 4.23. The number of methoxy groups -OCH3 is 1. The van der Waals surface area contributed by atoms with E-state index in [9.17, 15) is 0 Å². The van der Waals surface area contributed by atoms with Crippen LogP contribution >= 0.6 is 0 Å². The van der Waals surface area contributed by atoms with Gasteiger partial charge in [0.2, 0.25) is 0 Å². The van der Waals surface area contributed by atoms with Crippen LogP contribution in [0.3, 0.4) is 0 Å². The second kappa shape index (κ2) is 5.90. The molecule has 1 rings (SSSR count). The first kappa shape index (κ1) is 13.0. The first-order chi connectivity index (χ1) is 7.57. The molecule has 0 radical (unpaired) electrons. The summed E-state index contributed by atoms with van der Waals surface area (Å²) in [6, 6.07) is 8.58. The lowest BCUT2D eigenvalue weighted by molar-refractivity contribution is 0.0185. The number of hydrogen-bond donors (Lipinski definition) is 1. The Hall–Kier alpha value is -1.02. The zero-order chi connectivity index (χ0) is 12.0. The van der Waals surface area contributed by atoms with Gasteiger partial charge in [-0.05, 0) is 44.4 Å². The van der Waals surface area contributed by atoms with E-state index in [4.69, 9.17) is 4.74 Å². The van der Waals surface area contributed by atoms with Crippen LogP contribution in [0.4, 0.5) is 5.69 Å². The Morgan fingerprint density at radius 1 is 1.31 bits per heavy atom. The fourth-order valence-electron chi connectivity index (χ4n) is 1.51. The van der Waals surface area contributed by atoms with E-state index in [1.165, 1.54) is 11.3 Å². The van der Waals surface area contributed by atoms with Crippen molar-refractivity contribution in [3.05, 3.63) is 29.8 Å². The van der Waals surface area contributed by atoms with Crippen LogP contribution in [0.2, 0.25) is 0 Å². The highest BCUT2D eigenvalue weighted by molar-refractivity contribution is 5.45. The van der Waals surface area contributed by atoms with E-state index in [0.717, 1.165) is 19.4 Å². The molecule has 2 nitrogen and oxygen atoms in total. The Labute approximate surface area is 99.0 Å². The molecule has 16 heavy (non-hydrogen) atoms. The zero-order valence-electron chi connectivity index (χ0n) is 10.8. The van der Waals surface area contributed by atoms with Crippen LogP contribution in [0, 0.1) is 0 Å². The van der Waals surface area contributed by atoms with Gasteiger partial charge in [0.1, 0.15) is 0 Å². The first-order valence-electron chi connectivity index (χ1n) is 5.95. The van der Waals surface area contributed by atoms with Crippen molar-refractivity contribution in [2.75, 3.05) is 19.0 Å². The Balaban J connectivity index is 2.42. The van der Waals surface area contributed by atoms with Gasteiger partial charge in [-0.2, -0.15) is 0 Å². The molecular formula is C14H23NO. The van der Waals surface area contributed by atoms with E-state index in [-0.39, 0.29) is 5.60 Å². The van der Waals surface area contributed by atoms with E-state index < -0.39 is 0 Å². The van der Waals surface area contributed by atoms with Gasteiger partial charge >= 0.3 is 0 Å². The molecule has 0 aromatic heterocycles. The fraction of sp³-hybridized carbons (Fsp3) is 0.571. The van der Waals surface area contributed by atoms with E-state index in [0.29, 0.717) is 0 Å². The molecular weight excluding hydrogens is 198 g/mol. The number of nitrogens with one attached hydrogen (secondary N) is 1. The third-order valence-corrected chi connectivity index (χ3v) is 2.94. The van der Waals surface area contributed by atoms with Crippen LogP contribution in [0.15, 0.2) is 24.3 Å². The predicted octanol–water partition coefficient (Wildman–Crippen LogP) is 3.48. The van der Waals surface area contributed by atoms with E-state index >= 15 is 0 Å². The smallest absolute Gasteiger partial charge is 0.0639 e. The topological polar surface area (TPSA) is 21.3 Å². The highest BCUT2D eigenvalue weighted by Crippen LogP contribution is 2.15. The molecule has 0 aliphatic rings. The maximum atomic E-state index is 5.38. The van der Waals surface area contributed by atoms with Gasteiger partial charge in [0.05, 0.1) is 5.60 Å². The summed E-state index contributed by atoms with van der Waals surface area (Å²) in [7, 11) is 1.76. The normalized spacial score (nSPS) is 11.5. The van der Waals surface area contributed by atoms with Crippen molar-refractivity contribution < 1.29 is 4.74 Å². The molecule has 0 fully saturated rings. The lowest BCUT2D eigenvalue weighted by Crippen LogP contribution is -2.25. The largest absolute Gasteiger partial charge is 0.385 e. The summed E-state index contributed by atoms with van der Waals surface area (Å²) in [5.74, 6) is 0. The van der Waals surface area contributed by atoms with Crippen LogP contribution in [0.1, 0.15) is 32.8 Å². The molecule has 1 aromatic carbocycles. The number of anilines is 1. The number of ether oxygens (including phenoxy) is 1. The van der Waals surface area contributed by atoms with Crippen molar-refractivity contribution in [1.29, 1.82) is 0 Å². The number of benzene rings is 1. The number of hydrogen-bond acceptors (Lipinski definition) is 2. The van der Waals surface area contributed by atoms with Gasteiger partial charge < -0.3 is 10.1 Å². The molecule has 0 atom stereocenters. The molecule has 0 saturated carbocycles. The van der Waals surface area contributed by atoms with Gasteiger partial charge in [0.25, 0.3) is 0 Å². The summed E-state index contributed by atoms with van der Waals surface area (Å²) in [6.07, 6.45) is 2.08. The predicted molar refractivity (Wildman–Crippen MR) is 70.0 cm³/mol. The summed E-state index contributed by atoms with van der Waals surface area (Å²) in [6.45, 7) is 7.33. The first-order valence-corrected chi connectivity index (χ1v) is 5.95. The van der Waals surface area contributed by atoms with Crippen molar-refractivity contribution in [3.8, 4) is 0 Å². The van der Waals surface area contributed by atoms with Crippen LogP contribution in [-0.4, -0.2) is 19.3 Å². The lowest BCUT2D eigenvalue weighted by Gasteiger charge is -2.23. The highest BCUT2D eigenvalue weighted by atomic mass is 16.5. The zero-order valence-corrected chi connectivity index (χ0v) is 10.8. The molecule has 1 N–H and O–H groups in total. The maximum Gasteiger partial charge on any atom is 0.0639 e.